The molecule has 3 aromatic rings. The Hall–Kier alpha value is -4.31. The summed E-state index contributed by atoms with van der Waals surface area (Å²) in [4.78, 5) is 7.66. The first kappa shape index (κ1) is 17.1. The molecule has 1 aliphatic rings. The molecule has 2 heterocycles. The van der Waals surface area contributed by atoms with E-state index in [1.165, 1.54) is 0 Å². The summed E-state index contributed by atoms with van der Waals surface area (Å²) in [5.74, 6) is 0. The molecule has 0 saturated heterocycles. The highest BCUT2D eigenvalue weighted by Crippen LogP contribution is 2.21. The highest BCUT2D eigenvalue weighted by molar-refractivity contribution is 6.03. The molecule has 0 unspecified atom stereocenters. The standard InChI is InChI=1S/C23H15N5/c24-13-22-23(14-25)28-21(16-6-2-1-3-7-16)12-18(27-22)11-10-17-15-26-20-9-5-4-8-19(17)20/h1-10,15,26-27H,12H2. The summed E-state index contributed by atoms with van der Waals surface area (Å²) < 4.78 is 0. The molecular formula is C23H15N5. The number of nitrogens with zero attached hydrogens (tertiary/aromatic N) is 3. The van der Waals surface area contributed by atoms with Gasteiger partial charge in [-0.3, -0.25) is 0 Å². The molecule has 0 atom stereocenters. The van der Waals surface area contributed by atoms with Gasteiger partial charge in [0.05, 0.1) is 11.4 Å². The fourth-order valence-electron chi connectivity index (χ4n) is 3.08. The number of aliphatic imine (C=N–C) groups is 1. The second kappa shape index (κ2) is 7.51. The first-order chi connectivity index (χ1) is 13.8. The van der Waals surface area contributed by atoms with Crippen LogP contribution in [0.3, 0.4) is 0 Å². The van der Waals surface area contributed by atoms with Crippen LogP contribution in [0.1, 0.15) is 17.5 Å². The van der Waals surface area contributed by atoms with Gasteiger partial charge in [0.15, 0.2) is 11.4 Å². The van der Waals surface area contributed by atoms with Crippen LogP contribution in [0.5, 0.6) is 0 Å². The third kappa shape index (κ3) is 3.34. The quantitative estimate of drug-likeness (QED) is 0.663. The zero-order valence-electron chi connectivity index (χ0n) is 14.9. The van der Waals surface area contributed by atoms with E-state index in [2.05, 4.69) is 21.0 Å². The van der Waals surface area contributed by atoms with Crippen molar-refractivity contribution in [2.45, 2.75) is 6.42 Å². The Labute approximate surface area is 162 Å². The number of H-pyrrole nitrogens is 1. The van der Waals surface area contributed by atoms with Crippen LogP contribution in [-0.2, 0) is 0 Å². The van der Waals surface area contributed by atoms with Gasteiger partial charge < -0.3 is 10.3 Å². The summed E-state index contributed by atoms with van der Waals surface area (Å²) in [6, 6.07) is 21.7. The Bertz CT molecular complexity index is 1250. The highest BCUT2D eigenvalue weighted by Gasteiger charge is 2.17. The molecule has 0 radical (unpaired) electrons. The number of allylic oxidation sites excluding steroid dienone is 3. The number of hydrogen-bond donors (Lipinski definition) is 2. The summed E-state index contributed by atoms with van der Waals surface area (Å²) in [6.07, 6.45) is 4.22. The Morgan fingerprint density at radius 1 is 0.964 bits per heavy atom. The van der Waals surface area contributed by atoms with Crippen molar-refractivity contribution < 1.29 is 0 Å². The molecule has 0 spiro atoms. The number of aromatic amines is 1. The molecule has 0 bridgehead atoms. The van der Waals surface area contributed by atoms with Crippen molar-refractivity contribution in [3.05, 3.63) is 94.7 Å². The van der Waals surface area contributed by atoms with Crippen LogP contribution in [-0.4, -0.2) is 10.7 Å². The molecular weight excluding hydrogens is 346 g/mol. The molecule has 5 nitrogen and oxygen atoms in total. The topological polar surface area (TPSA) is 87.8 Å². The van der Waals surface area contributed by atoms with Gasteiger partial charge in [-0.2, -0.15) is 10.5 Å². The van der Waals surface area contributed by atoms with Gasteiger partial charge in [0.2, 0.25) is 0 Å². The van der Waals surface area contributed by atoms with Crippen molar-refractivity contribution in [3.8, 4) is 12.1 Å². The van der Waals surface area contributed by atoms with Crippen LogP contribution in [0.2, 0.25) is 0 Å². The van der Waals surface area contributed by atoms with Gasteiger partial charge in [-0.05, 0) is 17.7 Å². The van der Waals surface area contributed by atoms with Gasteiger partial charge in [0, 0.05) is 29.1 Å². The van der Waals surface area contributed by atoms with E-state index in [-0.39, 0.29) is 11.4 Å². The zero-order valence-corrected chi connectivity index (χ0v) is 14.9. The largest absolute Gasteiger partial charge is 0.361 e. The maximum Gasteiger partial charge on any atom is 0.175 e. The third-order valence-electron chi connectivity index (χ3n) is 4.45. The summed E-state index contributed by atoms with van der Waals surface area (Å²) in [6.45, 7) is 0. The van der Waals surface area contributed by atoms with E-state index >= 15 is 0 Å². The van der Waals surface area contributed by atoms with Crippen molar-refractivity contribution in [3.63, 3.8) is 0 Å². The van der Waals surface area contributed by atoms with E-state index in [9.17, 15) is 10.5 Å². The predicted molar refractivity (Wildman–Crippen MR) is 109 cm³/mol. The lowest BCUT2D eigenvalue weighted by atomic mass is 10.1. The first-order valence-electron chi connectivity index (χ1n) is 8.74. The van der Waals surface area contributed by atoms with Gasteiger partial charge in [-0.15, -0.1) is 0 Å². The number of para-hydroxylation sites is 1. The van der Waals surface area contributed by atoms with E-state index in [1.54, 1.807) is 0 Å². The van der Waals surface area contributed by atoms with Crippen molar-refractivity contribution >= 4 is 22.7 Å². The molecule has 2 aromatic carbocycles. The molecule has 132 valence electrons. The smallest absolute Gasteiger partial charge is 0.175 e. The maximum atomic E-state index is 9.44. The lowest BCUT2D eigenvalue weighted by Gasteiger charge is -2.06. The fraction of sp³-hybridized carbons (Fsp3) is 0.0435. The number of rotatable bonds is 2. The number of fused-ring (bicyclic) bond motifs is 1. The van der Waals surface area contributed by atoms with Gasteiger partial charge in [-0.1, -0.05) is 54.3 Å². The monoisotopic (exact) mass is 361 g/mol. The second-order valence-electron chi connectivity index (χ2n) is 6.23. The molecule has 0 saturated carbocycles. The summed E-state index contributed by atoms with van der Waals surface area (Å²) in [5.41, 5.74) is 7.79. The molecule has 1 aromatic heterocycles. The van der Waals surface area contributed by atoms with E-state index in [0.29, 0.717) is 17.8 Å². The average Bonchev–Trinajstić information content (AvgIpc) is 3.07. The minimum absolute atomic E-state index is 0.0743. The maximum absolute atomic E-state index is 9.44. The fourth-order valence-corrected chi connectivity index (χ4v) is 3.08. The predicted octanol–water partition coefficient (Wildman–Crippen LogP) is 4.41. The Morgan fingerprint density at radius 3 is 2.54 bits per heavy atom. The Morgan fingerprint density at radius 2 is 1.75 bits per heavy atom. The van der Waals surface area contributed by atoms with Crippen LogP contribution in [0.15, 0.2) is 88.6 Å². The molecule has 0 fully saturated rings. The van der Waals surface area contributed by atoms with Crippen LogP contribution in [0, 0.1) is 22.7 Å². The zero-order chi connectivity index (χ0) is 19.3. The van der Waals surface area contributed by atoms with Crippen LogP contribution >= 0.6 is 0 Å². The van der Waals surface area contributed by atoms with E-state index < -0.39 is 0 Å². The molecule has 0 aliphatic carbocycles. The van der Waals surface area contributed by atoms with Gasteiger partial charge in [0.1, 0.15) is 12.1 Å². The third-order valence-corrected chi connectivity index (χ3v) is 4.45. The van der Waals surface area contributed by atoms with E-state index in [0.717, 1.165) is 22.0 Å². The minimum Gasteiger partial charge on any atom is -0.361 e. The Balaban J connectivity index is 1.80. The molecule has 5 heteroatoms. The summed E-state index contributed by atoms with van der Waals surface area (Å²) in [7, 11) is 0. The molecule has 2 N–H and O–H groups in total. The first-order valence-corrected chi connectivity index (χ1v) is 8.74. The van der Waals surface area contributed by atoms with E-state index in [4.69, 9.17) is 0 Å². The summed E-state index contributed by atoms with van der Waals surface area (Å²) in [5, 5.41) is 23.0. The average molecular weight is 361 g/mol. The van der Waals surface area contributed by atoms with Crippen LogP contribution in [0.25, 0.3) is 17.0 Å². The molecule has 1 aliphatic heterocycles. The SMILES string of the molecule is N#CC1=C(C#N)NC(=C=Cc2c[nH]c3ccccc23)CC(c2ccccc2)=N1. The van der Waals surface area contributed by atoms with Gasteiger partial charge >= 0.3 is 0 Å². The molecule has 4 rings (SSSR count). The summed E-state index contributed by atoms with van der Waals surface area (Å²) >= 11 is 0. The molecule has 0 amide bonds. The lowest BCUT2D eigenvalue weighted by Crippen LogP contribution is -2.13. The van der Waals surface area contributed by atoms with Gasteiger partial charge in [0.25, 0.3) is 0 Å². The number of nitriles is 2. The Kier molecular flexibility index (Phi) is 4.59. The van der Waals surface area contributed by atoms with Crippen LogP contribution < -0.4 is 5.32 Å². The van der Waals surface area contributed by atoms with Crippen molar-refractivity contribution in [2.24, 2.45) is 4.99 Å². The highest BCUT2D eigenvalue weighted by atomic mass is 15.0. The lowest BCUT2D eigenvalue weighted by molar-refractivity contribution is 0.979. The van der Waals surface area contributed by atoms with Crippen molar-refractivity contribution in [1.82, 2.24) is 10.3 Å². The van der Waals surface area contributed by atoms with Gasteiger partial charge in [-0.25, -0.2) is 4.99 Å². The number of benzene rings is 2. The second-order valence-corrected chi connectivity index (χ2v) is 6.23. The number of nitrogens with one attached hydrogen (secondary N) is 2. The van der Waals surface area contributed by atoms with E-state index in [1.807, 2.05) is 79.0 Å². The van der Waals surface area contributed by atoms with Crippen LogP contribution in [0.4, 0.5) is 0 Å². The van der Waals surface area contributed by atoms with Crippen molar-refractivity contribution in [1.29, 1.82) is 10.5 Å². The normalized spacial score (nSPS) is 13.6. The number of hydrogen-bond acceptors (Lipinski definition) is 4. The molecule has 28 heavy (non-hydrogen) atoms. The van der Waals surface area contributed by atoms with Crippen molar-refractivity contribution in [2.75, 3.05) is 0 Å². The number of aromatic nitrogens is 1. The minimum atomic E-state index is 0.0743.